The van der Waals surface area contributed by atoms with E-state index in [0.29, 0.717) is 10.8 Å². The highest BCUT2D eigenvalue weighted by Crippen LogP contribution is 2.08. The van der Waals surface area contributed by atoms with Crippen molar-refractivity contribution >= 4 is 18.4 Å². The molecule has 9 heavy (non-hydrogen) atoms. The van der Waals surface area contributed by atoms with Crippen LogP contribution in [0.15, 0.2) is 5.03 Å². The molecule has 0 spiro atoms. The average molecular weight is 146 g/mol. The molecule has 1 aromatic rings. The van der Waals surface area contributed by atoms with E-state index in [9.17, 15) is 0 Å². The fourth-order valence-electron chi connectivity index (χ4n) is 0.377. The fraction of sp³-hybridized carbons (Fsp3) is 0. The van der Waals surface area contributed by atoms with Gasteiger partial charge in [0.05, 0.1) is 0 Å². The zero-order valence-corrected chi connectivity index (χ0v) is 5.34. The molecular formula is C2H6N6S. The van der Waals surface area contributed by atoms with Crippen molar-refractivity contribution in [3.8, 4) is 0 Å². The van der Waals surface area contributed by atoms with Crippen LogP contribution < -0.4 is 17.1 Å². The zero-order chi connectivity index (χ0) is 6.85. The number of nitrogens with two attached hydrogens (primary N) is 2. The summed E-state index contributed by atoms with van der Waals surface area (Å²) in [5, 5.41) is 7.31. The molecule has 0 bridgehead atoms. The highest BCUT2D eigenvalue weighted by atomic mass is 32.1. The van der Waals surface area contributed by atoms with Crippen LogP contribution >= 0.6 is 12.6 Å². The van der Waals surface area contributed by atoms with Gasteiger partial charge in [0, 0.05) is 0 Å². The summed E-state index contributed by atoms with van der Waals surface area (Å²) in [6.07, 6.45) is 0. The first-order valence-electron chi connectivity index (χ1n) is 2.12. The van der Waals surface area contributed by atoms with Crippen molar-refractivity contribution in [2.45, 2.75) is 5.03 Å². The maximum atomic E-state index is 5.33. The lowest BCUT2D eigenvalue weighted by Gasteiger charge is -1.96. The molecule has 50 valence electrons. The molecular weight excluding hydrogens is 140 g/mol. The van der Waals surface area contributed by atoms with E-state index in [-0.39, 0.29) is 0 Å². The van der Waals surface area contributed by atoms with Gasteiger partial charge in [0.2, 0.25) is 0 Å². The van der Waals surface area contributed by atoms with Crippen molar-refractivity contribution in [1.29, 1.82) is 0 Å². The van der Waals surface area contributed by atoms with Gasteiger partial charge in [-0.1, -0.05) is 0 Å². The maximum Gasteiger partial charge on any atom is 0.180 e. The van der Waals surface area contributed by atoms with Gasteiger partial charge < -0.3 is 5.73 Å². The molecule has 0 aliphatic carbocycles. The number of hydrogen-bond acceptors (Lipinski definition) is 6. The highest BCUT2D eigenvalue weighted by molar-refractivity contribution is 7.80. The van der Waals surface area contributed by atoms with E-state index >= 15 is 0 Å². The SMILES string of the molecule is NNn1nnc(S)c1N. The molecule has 0 unspecified atom stereocenters. The molecule has 1 aromatic heterocycles. The molecule has 1 rings (SSSR count). The number of hydrogen-bond donors (Lipinski definition) is 4. The summed E-state index contributed by atoms with van der Waals surface area (Å²) in [4.78, 5) is 1.11. The average Bonchev–Trinajstić information content (AvgIpc) is 2.15. The number of nitrogens with zero attached hydrogens (tertiary/aromatic N) is 3. The van der Waals surface area contributed by atoms with Crippen molar-refractivity contribution in [1.82, 2.24) is 15.1 Å². The standard InChI is InChI=1S/C2H6N6S/c3-1-2(9)5-7-8(1)6-4/h6,9H,3-4H2. The van der Waals surface area contributed by atoms with Crippen LogP contribution in [0.1, 0.15) is 0 Å². The summed E-state index contributed by atoms with van der Waals surface area (Å²) in [5.41, 5.74) is 7.52. The van der Waals surface area contributed by atoms with Crippen LogP contribution in [0.2, 0.25) is 0 Å². The summed E-state index contributed by atoms with van der Waals surface area (Å²) >= 11 is 3.86. The van der Waals surface area contributed by atoms with Gasteiger partial charge in [-0.25, -0.2) is 11.4 Å². The second-order valence-corrected chi connectivity index (χ2v) is 1.76. The van der Waals surface area contributed by atoms with E-state index in [1.54, 1.807) is 0 Å². The molecule has 0 radical (unpaired) electrons. The minimum Gasteiger partial charge on any atom is -0.380 e. The Kier molecular flexibility index (Phi) is 1.45. The minimum atomic E-state index is 0.292. The monoisotopic (exact) mass is 146 g/mol. The van der Waals surface area contributed by atoms with E-state index < -0.39 is 0 Å². The molecule has 0 saturated carbocycles. The zero-order valence-electron chi connectivity index (χ0n) is 4.44. The van der Waals surface area contributed by atoms with Crippen LogP contribution in [-0.2, 0) is 0 Å². The number of nitrogens with one attached hydrogen (secondary N) is 1. The fourth-order valence-corrected chi connectivity index (χ4v) is 0.511. The normalized spacial score (nSPS) is 9.56. The van der Waals surface area contributed by atoms with Crippen LogP contribution in [0.25, 0.3) is 0 Å². The Morgan fingerprint density at radius 1 is 1.67 bits per heavy atom. The number of hydrazine groups is 1. The van der Waals surface area contributed by atoms with Gasteiger partial charge in [0.1, 0.15) is 0 Å². The predicted octanol–water partition coefficient (Wildman–Crippen LogP) is -1.43. The van der Waals surface area contributed by atoms with Crippen molar-refractivity contribution in [2.75, 3.05) is 11.3 Å². The summed E-state index contributed by atoms with van der Waals surface area (Å²) in [6, 6.07) is 0. The van der Waals surface area contributed by atoms with Crippen molar-refractivity contribution in [2.24, 2.45) is 5.84 Å². The van der Waals surface area contributed by atoms with Gasteiger partial charge in [0.15, 0.2) is 10.8 Å². The number of rotatable bonds is 1. The van der Waals surface area contributed by atoms with Crippen LogP contribution in [0.3, 0.4) is 0 Å². The van der Waals surface area contributed by atoms with E-state index in [2.05, 4.69) is 28.5 Å². The predicted molar refractivity (Wildman–Crippen MR) is 35.2 cm³/mol. The van der Waals surface area contributed by atoms with Crippen LogP contribution in [-0.4, -0.2) is 15.1 Å². The van der Waals surface area contributed by atoms with Gasteiger partial charge in [-0.15, -0.1) is 22.5 Å². The van der Waals surface area contributed by atoms with E-state index in [0.717, 1.165) is 4.79 Å². The second kappa shape index (κ2) is 2.11. The molecule has 7 heteroatoms. The molecule has 0 saturated heterocycles. The lowest BCUT2D eigenvalue weighted by atomic mass is 10.8. The van der Waals surface area contributed by atoms with Crippen LogP contribution in [0.4, 0.5) is 5.82 Å². The van der Waals surface area contributed by atoms with Gasteiger partial charge >= 0.3 is 0 Å². The molecule has 6 nitrogen and oxygen atoms in total. The van der Waals surface area contributed by atoms with Gasteiger partial charge in [0.25, 0.3) is 0 Å². The Balaban J connectivity index is 3.04. The Morgan fingerprint density at radius 2 is 2.33 bits per heavy atom. The minimum absolute atomic E-state index is 0.292. The quantitative estimate of drug-likeness (QED) is 0.221. The number of aromatic nitrogens is 3. The summed E-state index contributed by atoms with van der Waals surface area (Å²) in [7, 11) is 0. The van der Waals surface area contributed by atoms with Crippen LogP contribution in [0.5, 0.6) is 0 Å². The third-order valence-electron chi connectivity index (χ3n) is 0.808. The highest BCUT2D eigenvalue weighted by Gasteiger charge is 2.01. The number of anilines is 1. The van der Waals surface area contributed by atoms with Crippen molar-refractivity contribution in [3.05, 3.63) is 0 Å². The molecule has 0 aliphatic heterocycles. The van der Waals surface area contributed by atoms with Gasteiger partial charge in [-0.2, -0.15) is 0 Å². The molecule has 1 heterocycles. The third-order valence-corrected chi connectivity index (χ3v) is 1.13. The largest absolute Gasteiger partial charge is 0.380 e. The van der Waals surface area contributed by atoms with Gasteiger partial charge in [-0.3, -0.25) is 0 Å². The first-order chi connectivity index (χ1) is 4.25. The molecule has 0 atom stereocenters. The van der Waals surface area contributed by atoms with E-state index in [1.807, 2.05) is 0 Å². The molecule has 0 amide bonds. The first-order valence-corrected chi connectivity index (χ1v) is 2.57. The Hall–Kier alpha value is -0.950. The smallest absolute Gasteiger partial charge is 0.180 e. The summed E-state index contributed by atoms with van der Waals surface area (Å²) < 4.78 is 0. The summed E-state index contributed by atoms with van der Waals surface area (Å²) in [5.74, 6) is 5.25. The van der Waals surface area contributed by atoms with Gasteiger partial charge in [-0.05, 0) is 5.21 Å². The van der Waals surface area contributed by atoms with E-state index in [1.165, 1.54) is 0 Å². The maximum absolute atomic E-state index is 5.33. The lowest BCUT2D eigenvalue weighted by molar-refractivity contribution is 0.711. The van der Waals surface area contributed by atoms with E-state index in [4.69, 9.17) is 11.6 Å². The summed E-state index contributed by atoms with van der Waals surface area (Å²) in [6.45, 7) is 0. The molecule has 0 fully saturated rings. The molecule has 0 aromatic carbocycles. The van der Waals surface area contributed by atoms with Crippen molar-refractivity contribution in [3.63, 3.8) is 0 Å². The topological polar surface area (TPSA) is 94.8 Å². The first kappa shape index (κ1) is 6.17. The molecule has 0 aliphatic rings. The lowest BCUT2D eigenvalue weighted by Crippen LogP contribution is -2.24. The molecule has 5 N–H and O–H groups in total. The Morgan fingerprint density at radius 3 is 2.56 bits per heavy atom. The number of thiol groups is 1. The Labute approximate surface area is 56.6 Å². The second-order valence-electron chi connectivity index (χ2n) is 1.34. The van der Waals surface area contributed by atoms with Crippen LogP contribution in [0, 0.1) is 0 Å². The van der Waals surface area contributed by atoms with Crippen molar-refractivity contribution < 1.29 is 0 Å². The third kappa shape index (κ3) is 0.911. The number of nitrogen functional groups attached to an aromatic ring is 2. The Bertz CT molecular complexity index is 205.